The number of halogens is 2. The van der Waals surface area contributed by atoms with E-state index in [0.29, 0.717) is 19.6 Å². The van der Waals surface area contributed by atoms with Crippen molar-refractivity contribution in [3.63, 3.8) is 0 Å². The smallest absolute Gasteiger partial charge is 0.249 e. The minimum Gasteiger partial charge on any atom is -0.336 e. The predicted molar refractivity (Wildman–Crippen MR) is 83.8 cm³/mol. The maximum atomic E-state index is 13.1. The highest BCUT2D eigenvalue weighted by Gasteiger charge is 2.49. The van der Waals surface area contributed by atoms with E-state index >= 15 is 0 Å². The Morgan fingerprint density at radius 2 is 2.16 bits per heavy atom. The van der Waals surface area contributed by atoms with E-state index < -0.39 is 11.8 Å². The molecule has 1 aliphatic carbocycles. The summed E-state index contributed by atoms with van der Waals surface area (Å²) in [4.78, 5) is 18.7. The number of fused-ring (bicyclic) bond motifs is 1. The first-order chi connectivity index (χ1) is 11.9. The number of aryl methyl sites for hydroxylation is 2. The fourth-order valence-electron chi connectivity index (χ4n) is 3.54. The largest absolute Gasteiger partial charge is 0.336 e. The van der Waals surface area contributed by atoms with Gasteiger partial charge in [0.2, 0.25) is 11.8 Å². The predicted octanol–water partition coefficient (Wildman–Crippen LogP) is 1.61. The zero-order valence-electron chi connectivity index (χ0n) is 14.0. The summed E-state index contributed by atoms with van der Waals surface area (Å²) < 4.78 is 30.0. The first kappa shape index (κ1) is 16.2. The van der Waals surface area contributed by atoms with E-state index in [4.69, 9.17) is 0 Å². The molecule has 134 valence electrons. The fraction of sp³-hybridized carbons (Fsp3) is 0.625. The molecule has 0 aromatic carbocycles. The van der Waals surface area contributed by atoms with Gasteiger partial charge in [-0.1, -0.05) is 5.21 Å². The molecule has 0 bridgehead atoms. The highest BCUT2D eigenvalue weighted by molar-refractivity contribution is 5.80. The summed E-state index contributed by atoms with van der Waals surface area (Å²) in [5, 5.41) is 7.91. The third-order valence-electron chi connectivity index (χ3n) is 5.06. The molecule has 0 N–H and O–H groups in total. The third kappa shape index (κ3) is 3.03. The lowest BCUT2D eigenvalue weighted by Gasteiger charge is -2.36. The average molecular weight is 350 g/mol. The Morgan fingerprint density at radius 3 is 2.84 bits per heavy atom. The average Bonchev–Trinajstić information content (AvgIpc) is 3.04. The molecule has 1 amide bonds. The van der Waals surface area contributed by atoms with E-state index in [9.17, 15) is 13.6 Å². The highest BCUT2D eigenvalue weighted by Crippen LogP contribution is 2.43. The molecular formula is C16H20F2N6O. The van der Waals surface area contributed by atoms with Crippen LogP contribution < -0.4 is 0 Å². The van der Waals surface area contributed by atoms with E-state index in [2.05, 4.69) is 15.3 Å². The van der Waals surface area contributed by atoms with Crippen LogP contribution in [0, 0.1) is 12.8 Å². The maximum Gasteiger partial charge on any atom is 0.249 e. The molecule has 4 rings (SSSR count). The Labute approximate surface area is 143 Å². The molecule has 2 aliphatic rings. The van der Waals surface area contributed by atoms with Crippen molar-refractivity contribution in [1.82, 2.24) is 29.4 Å². The molecule has 2 aromatic heterocycles. The lowest BCUT2D eigenvalue weighted by atomic mass is 9.80. The number of hydrogen-bond donors (Lipinski definition) is 0. The summed E-state index contributed by atoms with van der Waals surface area (Å²) in [6.07, 6.45) is 3.60. The molecule has 9 heteroatoms. The molecule has 0 unspecified atom stereocenters. The van der Waals surface area contributed by atoms with Crippen LogP contribution in [0.1, 0.15) is 36.3 Å². The van der Waals surface area contributed by atoms with Gasteiger partial charge >= 0.3 is 0 Å². The Balaban J connectivity index is 1.52. The van der Waals surface area contributed by atoms with Crippen LogP contribution >= 0.6 is 0 Å². The van der Waals surface area contributed by atoms with Gasteiger partial charge in [0.15, 0.2) is 0 Å². The summed E-state index contributed by atoms with van der Waals surface area (Å²) in [6.45, 7) is 4.16. The van der Waals surface area contributed by atoms with Crippen molar-refractivity contribution in [2.24, 2.45) is 5.92 Å². The number of carbonyl (C=O) groups is 1. The van der Waals surface area contributed by atoms with Crippen LogP contribution in [0.3, 0.4) is 0 Å². The van der Waals surface area contributed by atoms with Gasteiger partial charge in [0, 0.05) is 31.8 Å². The summed E-state index contributed by atoms with van der Waals surface area (Å²) >= 11 is 0. The molecule has 0 saturated heterocycles. The van der Waals surface area contributed by atoms with Crippen molar-refractivity contribution < 1.29 is 13.6 Å². The molecule has 25 heavy (non-hydrogen) atoms. The second kappa shape index (κ2) is 5.89. The number of carbonyl (C=O) groups excluding carboxylic acids is 1. The van der Waals surface area contributed by atoms with E-state index in [1.54, 1.807) is 22.1 Å². The maximum absolute atomic E-state index is 13.1. The van der Waals surface area contributed by atoms with Gasteiger partial charge in [0.05, 0.1) is 42.7 Å². The van der Waals surface area contributed by atoms with Crippen LogP contribution in [0.2, 0.25) is 0 Å². The molecule has 2 aromatic rings. The number of imidazole rings is 1. The summed E-state index contributed by atoms with van der Waals surface area (Å²) in [5.74, 6) is -3.39. The number of aromatic nitrogens is 5. The van der Waals surface area contributed by atoms with Crippen molar-refractivity contribution in [3.8, 4) is 0 Å². The quantitative estimate of drug-likeness (QED) is 0.843. The number of rotatable bonds is 3. The summed E-state index contributed by atoms with van der Waals surface area (Å²) in [5.41, 5.74) is 2.72. The summed E-state index contributed by atoms with van der Waals surface area (Å²) in [7, 11) is 0. The molecule has 3 heterocycles. The van der Waals surface area contributed by atoms with Gasteiger partial charge < -0.3 is 9.47 Å². The van der Waals surface area contributed by atoms with Crippen molar-refractivity contribution in [2.75, 3.05) is 6.54 Å². The van der Waals surface area contributed by atoms with Gasteiger partial charge in [-0.3, -0.25) is 4.79 Å². The van der Waals surface area contributed by atoms with Gasteiger partial charge in [-0.05, 0) is 13.3 Å². The Hall–Kier alpha value is -2.32. The van der Waals surface area contributed by atoms with Crippen molar-refractivity contribution in [1.29, 1.82) is 0 Å². The Kier molecular flexibility index (Phi) is 3.81. The van der Waals surface area contributed by atoms with Crippen molar-refractivity contribution in [2.45, 2.75) is 51.7 Å². The highest BCUT2D eigenvalue weighted by atomic mass is 19.3. The second-order valence-electron chi connectivity index (χ2n) is 6.94. The van der Waals surface area contributed by atoms with Gasteiger partial charge in [0.1, 0.15) is 0 Å². The zero-order chi connectivity index (χ0) is 17.6. The Bertz CT molecular complexity index is 790. The normalized spacial score (nSPS) is 20.0. The van der Waals surface area contributed by atoms with Gasteiger partial charge in [-0.15, -0.1) is 5.10 Å². The number of alkyl halides is 2. The van der Waals surface area contributed by atoms with Gasteiger partial charge in [-0.2, -0.15) is 0 Å². The molecule has 0 spiro atoms. The minimum absolute atomic E-state index is 0.163. The molecular weight excluding hydrogens is 330 g/mol. The lowest BCUT2D eigenvalue weighted by molar-refractivity contribution is -0.160. The van der Waals surface area contributed by atoms with Gasteiger partial charge in [0.25, 0.3) is 0 Å². The molecule has 1 saturated carbocycles. The van der Waals surface area contributed by atoms with E-state index in [1.165, 1.54) is 0 Å². The van der Waals surface area contributed by atoms with Crippen LogP contribution in [0.25, 0.3) is 0 Å². The number of nitrogens with zero attached hydrogens (tertiary/aromatic N) is 6. The first-order valence-electron chi connectivity index (χ1n) is 8.47. The molecule has 0 atom stereocenters. The van der Waals surface area contributed by atoms with E-state index in [-0.39, 0.29) is 18.7 Å². The SMILES string of the molecule is Cc1cnnn1Cc1ncn2c1CN(C(=O)C1CC(F)(F)C1)CCC2. The van der Waals surface area contributed by atoms with Crippen LogP contribution in [0.5, 0.6) is 0 Å². The van der Waals surface area contributed by atoms with Crippen molar-refractivity contribution >= 4 is 5.91 Å². The van der Waals surface area contributed by atoms with Crippen molar-refractivity contribution in [3.05, 3.63) is 29.6 Å². The molecule has 0 radical (unpaired) electrons. The second-order valence-corrected chi connectivity index (χ2v) is 6.94. The van der Waals surface area contributed by atoms with E-state index in [0.717, 1.165) is 30.0 Å². The lowest BCUT2D eigenvalue weighted by Crippen LogP contribution is -2.46. The molecule has 1 aliphatic heterocycles. The van der Waals surface area contributed by atoms with Crippen LogP contribution in [0.15, 0.2) is 12.5 Å². The molecule has 7 nitrogen and oxygen atoms in total. The van der Waals surface area contributed by atoms with Gasteiger partial charge in [-0.25, -0.2) is 18.4 Å². The van der Waals surface area contributed by atoms with Crippen LogP contribution in [-0.4, -0.2) is 47.8 Å². The fourth-order valence-corrected chi connectivity index (χ4v) is 3.54. The zero-order valence-corrected chi connectivity index (χ0v) is 14.0. The Morgan fingerprint density at radius 1 is 1.36 bits per heavy atom. The standard InChI is InChI=1S/C16H20F2N6O/c1-11-7-20-21-24(11)8-13-14-9-22(3-2-4-23(14)10-19-13)15(25)12-5-16(17,18)6-12/h7,10,12H,2-6,8-9H2,1H3. The number of hydrogen-bond acceptors (Lipinski definition) is 4. The molecule has 1 fully saturated rings. The minimum atomic E-state index is -2.68. The summed E-state index contributed by atoms with van der Waals surface area (Å²) in [6, 6.07) is 0. The number of amides is 1. The van der Waals surface area contributed by atoms with Crippen LogP contribution in [-0.2, 0) is 24.4 Å². The topological polar surface area (TPSA) is 68.8 Å². The first-order valence-corrected chi connectivity index (χ1v) is 8.47. The third-order valence-corrected chi connectivity index (χ3v) is 5.06. The van der Waals surface area contributed by atoms with Crippen LogP contribution in [0.4, 0.5) is 8.78 Å². The monoisotopic (exact) mass is 350 g/mol. The van der Waals surface area contributed by atoms with E-state index in [1.807, 2.05) is 11.5 Å².